The van der Waals surface area contributed by atoms with E-state index in [1.807, 2.05) is 6.92 Å². The zero-order chi connectivity index (χ0) is 15.2. The largest absolute Gasteiger partial charge is 0.465 e. The summed E-state index contributed by atoms with van der Waals surface area (Å²) in [5, 5.41) is 3.01. The van der Waals surface area contributed by atoms with Crippen molar-refractivity contribution in [1.29, 1.82) is 0 Å². The molecule has 7 heteroatoms. The van der Waals surface area contributed by atoms with Gasteiger partial charge in [0.15, 0.2) is 0 Å². The van der Waals surface area contributed by atoms with E-state index in [0.717, 1.165) is 12.1 Å². The summed E-state index contributed by atoms with van der Waals surface area (Å²) < 4.78 is 31.5. The molecular weight excluding hydrogens is 280 g/mol. The van der Waals surface area contributed by atoms with Gasteiger partial charge in [-0.15, -0.1) is 0 Å². The number of rotatable bonds is 7. The van der Waals surface area contributed by atoms with Gasteiger partial charge in [0.25, 0.3) is 0 Å². The van der Waals surface area contributed by atoms with E-state index in [1.54, 1.807) is 13.0 Å². The number of carbonyl (C=O) groups is 1. The maximum atomic E-state index is 12.2. The Labute approximate surface area is 119 Å². The average molecular weight is 300 g/mol. The third-order valence-electron chi connectivity index (χ3n) is 2.67. The Kier molecular flexibility index (Phi) is 6.12. The third-order valence-corrected chi connectivity index (χ3v) is 4.19. The van der Waals surface area contributed by atoms with E-state index in [1.165, 1.54) is 19.2 Å². The molecule has 0 aliphatic heterocycles. The smallest absolute Gasteiger partial charge is 0.339 e. The van der Waals surface area contributed by atoms with Gasteiger partial charge in [0.1, 0.15) is 0 Å². The van der Waals surface area contributed by atoms with Crippen molar-refractivity contribution in [2.45, 2.75) is 18.7 Å². The predicted molar refractivity (Wildman–Crippen MR) is 76.3 cm³/mol. The lowest BCUT2D eigenvalue weighted by Gasteiger charge is -2.11. The number of hydrogen-bond acceptors (Lipinski definition) is 5. The van der Waals surface area contributed by atoms with Gasteiger partial charge in [-0.3, -0.25) is 0 Å². The Hall–Kier alpha value is -1.44. The Morgan fingerprint density at radius 2 is 2.00 bits per heavy atom. The van der Waals surface area contributed by atoms with Gasteiger partial charge in [-0.1, -0.05) is 18.6 Å². The highest BCUT2D eigenvalue weighted by atomic mass is 32.2. The third kappa shape index (κ3) is 4.29. The fourth-order valence-corrected chi connectivity index (χ4v) is 2.88. The molecule has 0 heterocycles. The van der Waals surface area contributed by atoms with Crippen LogP contribution in [0.4, 0.5) is 0 Å². The first-order valence-corrected chi connectivity index (χ1v) is 7.80. The van der Waals surface area contributed by atoms with Crippen LogP contribution in [0.25, 0.3) is 0 Å². The first-order chi connectivity index (χ1) is 9.42. The molecule has 0 atom stereocenters. The maximum absolute atomic E-state index is 12.2. The zero-order valence-corrected chi connectivity index (χ0v) is 12.7. The van der Waals surface area contributed by atoms with Gasteiger partial charge in [0.05, 0.1) is 17.6 Å². The van der Waals surface area contributed by atoms with Gasteiger partial charge >= 0.3 is 5.97 Å². The Morgan fingerprint density at radius 1 is 1.30 bits per heavy atom. The number of ether oxygens (including phenoxy) is 1. The second kappa shape index (κ2) is 7.37. The topological polar surface area (TPSA) is 84.5 Å². The molecule has 0 amide bonds. The van der Waals surface area contributed by atoms with Gasteiger partial charge in [0, 0.05) is 13.1 Å². The van der Waals surface area contributed by atoms with Crippen LogP contribution < -0.4 is 10.0 Å². The van der Waals surface area contributed by atoms with E-state index in [-0.39, 0.29) is 17.0 Å². The molecule has 0 fully saturated rings. The van der Waals surface area contributed by atoms with Crippen LogP contribution in [-0.4, -0.2) is 41.1 Å². The quantitative estimate of drug-likeness (QED) is 0.571. The van der Waals surface area contributed by atoms with Gasteiger partial charge < -0.3 is 10.1 Å². The number of likely N-dealkylation sites (N-methyl/N-ethyl adjacent to an activating group) is 1. The fourth-order valence-electron chi connectivity index (χ4n) is 1.68. The summed E-state index contributed by atoms with van der Waals surface area (Å²) in [6.45, 7) is 5.25. The van der Waals surface area contributed by atoms with Crippen LogP contribution in [0.1, 0.15) is 22.8 Å². The molecule has 6 nitrogen and oxygen atoms in total. The van der Waals surface area contributed by atoms with Crippen molar-refractivity contribution >= 4 is 16.0 Å². The van der Waals surface area contributed by atoms with Crippen LogP contribution in [0.2, 0.25) is 0 Å². The van der Waals surface area contributed by atoms with Gasteiger partial charge in [0.2, 0.25) is 10.0 Å². The highest BCUT2D eigenvalue weighted by Gasteiger charge is 2.22. The summed E-state index contributed by atoms with van der Waals surface area (Å²) in [6.07, 6.45) is 0. The lowest BCUT2D eigenvalue weighted by atomic mass is 10.1. The minimum absolute atomic E-state index is 0.0449. The van der Waals surface area contributed by atoms with Crippen molar-refractivity contribution in [2.75, 3.05) is 26.7 Å². The molecule has 0 aliphatic rings. The molecule has 0 aromatic heterocycles. The molecule has 1 aromatic carbocycles. The molecule has 0 saturated heterocycles. The van der Waals surface area contributed by atoms with E-state index in [2.05, 4.69) is 14.8 Å². The number of carbonyl (C=O) groups excluding carboxylic acids is 1. The molecule has 0 spiro atoms. The zero-order valence-electron chi connectivity index (χ0n) is 11.9. The summed E-state index contributed by atoms with van der Waals surface area (Å²) in [7, 11) is -2.51. The van der Waals surface area contributed by atoms with E-state index in [4.69, 9.17) is 0 Å². The fraction of sp³-hybridized carbons (Fsp3) is 0.462. The van der Waals surface area contributed by atoms with Crippen LogP contribution in [0.5, 0.6) is 0 Å². The standard InChI is InChI=1S/C13H20N2O4S/c1-4-14-7-8-15-20(17,18)12-6-5-10(2)9-11(12)13(16)19-3/h5-6,9,14-15H,4,7-8H2,1-3H3. The normalized spacial score (nSPS) is 11.3. The number of aryl methyl sites for hydroxylation is 1. The Balaban J connectivity index is 3.02. The van der Waals surface area contributed by atoms with Crippen molar-refractivity contribution < 1.29 is 17.9 Å². The number of esters is 1. The summed E-state index contributed by atoms with van der Waals surface area (Å²) in [5.74, 6) is -0.666. The molecule has 20 heavy (non-hydrogen) atoms. The first kappa shape index (κ1) is 16.6. The van der Waals surface area contributed by atoms with Gasteiger partial charge in [-0.2, -0.15) is 0 Å². The van der Waals surface area contributed by atoms with E-state index < -0.39 is 16.0 Å². The number of benzene rings is 1. The van der Waals surface area contributed by atoms with Crippen molar-refractivity contribution in [3.05, 3.63) is 29.3 Å². The second-order valence-corrected chi connectivity index (χ2v) is 5.98. The SMILES string of the molecule is CCNCCNS(=O)(=O)c1ccc(C)cc1C(=O)OC. The molecular formula is C13H20N2O4S. The number of methoxy groups -OCH3 is 1. The molecule has 0 saturated carbocycles. The van der Waals surface area contributed by atoms with Crippen LogP contribution in [0, 0.1) is 6.92 Å². The van der Waals surface area contributed by atoms with Crippen molar-refractivity contribution in [3.8, 4) is 0 Å². The second-order valence-electron chi connectivity index (χ2n) is 4.24. The summed E-state index contributed by atoms with van der Waals surface area (Å²) >= 11 is 0. The van der Waals surface area contributed by atoms with Crippen molar-refractivity contribution in [3.63, 3.8) is 0 Å². The maximum Gasteiger partial charge on any atom is 0.339 e. The molecule has 2 N–H and O–H groups in total. The molecule has 0 bridgehead atoms. The lowest BCUT2D eigenvalue weighted by Crippen LogP contribution is -2.32. The molecule has 0 aliphatic carbocycles. The van der Waals surface area contributed by atoms with Crippen molar-refractivity contribution in [2.24, 2.45) is 0 Å². The lowest BCUT2D eigenvalue weighted by molar-refractivity contribution is 0.0596. The van der Waals surface area contributed by atoms with E-state index in [9.17, 15) is 13.2 Å². The average Bonchev–Trinajstić information content (AvgIpc) is 2.42. The monoisotopic (exact) mass is 300 g/mol. The first-order valence-electron chi connectivity index (χ1n) is 6.31. The van der Waals surface area contributed by atoms with Crippen LogP contribution >= 0.6 is 0 Å². The van der Waals surface area contributed by atoms with Crippen LogP contribution in [0.3, 0.4) is 0 Å². The number of nitrogens with one attached hydrogen (secondary N) is 2. The summed E-state index contributed by atoms with van der Waals surface area (Å²) in [6, 6.07) is 4.56. The van der Waals surface area contributed by atoms with Crippen molar-refractivity contribution in [1.82, 2.24) is 10.0 Å². The summed E-state index contributed by atoms with van der Waals surface area (Å²) in [4.78, 5) is 11.6. The number of hydrogen-bond donors (Lipinski definition) is 2. The highest BCUT2D eigenvalue weighted by Crippen LogP contribution is 2.18. The summed E-state index contributed by atoms with van der Waals surface area (Å²) in [5.41, 5.74) is 0.834. The Bertz CT molecular complexity index is 570. The molecule has 0 unspecified atom stereocenters. The minimum Gasteiger partial charge on any atom is -0.465 e. The minimum atomic E-state index is -3.73. The van der Waals surface area contributed by atoms with Crippen LogP contribution in [0.15, 0.2) is 23.1 Å². The van der Waals surface area contributed by atoms with E-state index in [0.29, 0.717) is 6.54 Å². The number of sulfonamides is 1. The molecule has 112 valence electrons. The molecule has 1 aromatic rings. The van der Waals surface area contributed by atoms with Gasteiger partial charge in [-0.25, -0.2) is 17.9 Å². The van der Waals surface area contributed by atoms with E-state index >= 15 is 0 Å². The highest BCUT2D eigenvalue weighted by molar-refractivity contribution is 7.89. The molecule has 0 radical (unpaired) electrons. The van der Waals surface area contributed by atoms with Gasteiger partial charge in [-0.05, 0) is 25.6 Å². The molecule has 1 rings (SSSR count). The van der Waals surface area contributed by atoms with Crippen LogP contribution in [-0.2, 0) is 14.8 Å². The predicted octanol–water partition coefficient (Wildman–Crippen LogP) is 0.669. The Morgan fingerprint density at radius 3 is 2.60 bits per heavy atom.